The highest BCUT2D eigenvalue weighted by Gasteiger charge is 2.19. The Kier molecular flexibility index (Phi) is 3.93. The number of benzene rings is 2. The standard InChI is InChI=1S/C21H13ClN4OS/c1-12-2-7-16-14(11-27-18(16)8-12)9-19-25-26-17(10-23)20(24-21(26)28-19)13-3-5-15(22)6-4-13/h2-8,11H,9H2,1H3. The van der Waals surface area contributed by atoms with Crippen LogP contribution in [0.5, 0.6) is 0 Å². The van der Waals surface area contributed by atoms with Gasteiger partial charge < -0.3 is 4.42 Å². The first-order valence-electron chi connectivity index (χ1n) is 8.63. The maximum absolute atomic E-state index is 9.67. The maximum atomic E-state index is 9.67. The number of halogens is 1. The van der Waals surface area contributed by atoms with Crippen LogP contribution in [0.1, 0.15) is 21.8 Å². The molecule has 0 amide bonds. The molecule has 0 bridgehead atoms. The van der Waals surface area contributed by atoms with Crippen molar-refractivity contribution in [3.8, 4) is 17.3 Å². The first-order valence-corrected chi connectivity index (χ1v) is 9.83. The molecule has 0 radical (unpaired) electrons. The predicted molar refractivity (Wildman–Crippen MR) is 110 cm³/mol. The van der Waals surface area contributed by atoms with Crippen molar-refractivity contribution >= 4 is 38.9 Å². The van der Waals surface area contributed by atoms with Crippen molar-refractivity contribution in [3.05, 3.63) is 75.6 Å². The van der Waals surface area contributed by atoms with E-state index in [-0.39, 0.29) is 0 Å². The normalized spacial score (nSPS) is 11.3. The first kappa shape index (κ1) is 17.0. The van der Waals surface area contributed by atoms with Crippen LogP contribution in [0, 0.1) is 18.3 Å². The minimum atomic E-state index is 0.424. The maximum Gasteiger partial charge on any atom is 0.214 e. The van der Waals surface area contributed by atoms with Gasteiger partial charge in [0.1, 0.15) is 22.4 Å². The zero-order chi connectivity index (χ0) is 19.3. The Morgan fingerprint density at radius 3 is 2.82 bits per heavy atom. The van der Waals surface area contributed by atoms with Crippen LogP contribution in [0.4, 0.5) is 0 Å². The number of fused-ring (bicyclic) bond motifs is 2. The molecular weight excluding hydrogens is 392 g/mol. The molecule has 5 nitrogen and oxygen atoms in total. The van der Waals surface area contributed by atoms with Crippen molar-refractivity contribution in [3.63, 3.8) is 0 Å². The number of nitriles is 1. The summed E-state index contributed by atoms with van der Waals surface area (Å²) in [6.07, 6.45) is 2.41. The summed E-state index contributed by atoms with van der Waals surface area (Å²) < 4.78 is 7.30. The molecule has 0 unspecified atom stereocenters. The van der Waals surface area contributed by atoms with Crippen LogP contribution in [0.2, 0.25) is 5.02 Å². The Hall–Kier alpha value is -3.14. The highest BCUT2D eigenvalue weighted by molar-refractivity contribution is 7.16. The molecule has 5 aromatic rings. The van der Waals surface area contributed by atoms with Crippen molar-refractivity contribution < 1.29 is 4.42 Å². The third kappa shape index (κ3) is 2.76. The van der Waals surface area contributed by atoms with Crippen molar-refractivity contribution in [2.45, 2.75) is 13.3 Å². The van der Waals surface area contributed by atoms with E-state index in [1.165, 1.54) is 11.3 Å². The second-order valence-electron chi connectivity index (χ2n) is 6.56. The second kappa shape index (κ2) is 6.48. The number of nitrogens with zero attached hydrogens (tertiary/aromatic N) is 4. The highest BCUT2D eigenvalue weighted by Crippen LogP contribution is 2.30. The smallest absolute Gasteiger partial charge is 0.214 e. The Balaban J connectivity index is 1.54. The molecule has 3 heterocycles. The average Bonchev–Trinajstić information content (AvgIpc) is 3.35. The van der Waals surface area contributed by atoms with E-state index in [9.17, 15) is 5.26 Å². The summed E-state index contributed by atoms with van der Waals surface area (Å²) in [5.74, 6) is 0. The van der Waals surface area contributed by atoms with E-state index in [0.717, 1.165) is 32.7 Å². The average molecular weight is 405 g/mol. The minimum absolute atomic E-state index is 0.424. The number of aromatic nitrogens is 3. The van der Waals surface area contributed by atoms with Crippen LogP contribution >= 0.6 is 22.9 Å². The Morgan fingerprint density at radius 2 is 2.04 bits per heavy atom. The summed E-state index contributed by atoms with van der Waals surface area (Å²) in [7, 11) is 0. The van der Waals surface area contributed by atoms with Gasteiger partial charge in [-0.15, -0.1) is 0 Å². The summed E-state index contributed by atoms with van der Waals surface area (Å²) >= 11 is 7.44. The Labute approximate surface area is 169 Å². The highest BCUT2D eigenvalue weighted by atomic mass is 35.5. The van der Waals surface area contributed by atoms with E-state index >= 15 is 0 Å². The number of hydrogen-bond acceptors (Lipinski definition) is 5. The van der Waals surface area contributed by atoms with E-state index in [1.807, 2.05) is 25.1 Å². The van der Waals surface area contributed by atoms with Crippen LogP contribution in [-0.2, 0) is 6.42 Å². The third-order valence-corrected chi connectivity index (χ3v) is 5.78. The summed E-state index contributed by atoms with van der Waals surface area (Å²) in [5, 5.41) is 16.9. The number of imidazole rings is 1. The second-order valence-corrected chi connectivity index (χ2v) is 8.03. The van der Waals surface area contributed by atoms with Gasteiger partial charge in [0, 0.05) is 28.0 Å². The summed E-state index contributed by atoms with van der Waals surface area (Å²) in [5.41, 5.74) is 5.00. The van der Waals surface area contributed by atoms with Gasteiger partial charge in [-0.2, -0.15) is 14.9 Å². The quantitative estimate of drug-likeness (QED) is 0.391. The van der Waals surface area contributed by atoms with Crippen molar-refractivity contribution in [1.29, 1.82) is 5.26 Å². The van der Waals surface area contributed by atoms with Crippen LogP contribution in [-0.4, -0.2) is 14.6 Å². The molecule has 3 aromatic heterocycles. The van der Waals surface area contributed by atoms with Gasteiger partial charge in [0.2, 0.25) is 4.96 Å². The van der Waals surface area contributed by atoms with E-state index < -0.39 is 0 Å². The topological polar surface area (TPSA) is 67.1 Å². The van der Waals surface area contributed by atoms with Crippen molar-refractivity contribution in [1.82, 2.24) is 14.6 Å². The molecule has 0 aliphatic heterocycles. The lowest BCUT2D eigenvalue weighted by Crippen LogP contribution is -1.93. The molecular formula is C21H13ClN4OS. The largest absolute Gasteiger partial charge is 0.464 e. The van der Waals surface area contributed by atoms with Gasteiger partial charge in [0.25, 0.3) is 0 Å². The summed E-state index contributed by atoms with van der Waals surface area (Å²) in [6.45, 7) is 2.04. The van der Waals surface area contributed by atoms with E-state index in [0.29, 0.717) is 27.8 Å². The molecule has 0 aliphatic carbocycles. The monoisotopic (exact) mass is 404 g/mol. The fourth-order valence-corrected chi connectivity index (χ4v) is 4.30. The molecule has 0 aliphatic rings. The van der Waals surface area contributed by atoms with Crippen LogP contribution in [0.15, 0.2) is 53.1 Å². The fourth-order valence-electron chi connectivity index (χ4n) is 3.26. The lowest BCUT2D eigenvalue weighted by atomic mass is 10.1. The molecule has 7 heteroatoms. The first-order chi connectivity index (χ1) is 13.6. The molecule has 0 saturated heterocycles. The molecule has 0 atom stereocenters. The predicted octanol–water partition coefficient (Wildman–Crippen LogP) is 5.63. The van der Waals surface area contributed by atoms with E-state index in [4.69, 9.17) is 16.0 Å². The van der Waals surface area contributed by atoms with Crippen LogP contribution in [0.25, 0.3) is 27.2 Å². The molecule has 2 aromatic carbocycles. The molecule has 0 saturated carbocycles. The summed E-state index contributed by atoms with van der Waals surface area (Å²) in [4.78, 5) is 5.33. The van der Waals surface area contributed by atoms with Crippen molar-refractivity contribution in [2.24, 2.45) is 0 Å². The van der Waals surface area contributed by atoms with Crippen molar-refractivity contribution in [2.75, 3.05) is 0 Å². The van der Waals surface area contributed by atoms with E-state index in [2.05, 4.69) is 28.3 Å². The number of rotatable bonds is 3. The lowest BCUT2D eigenvalue weighted by molar-refractivity contribution is 0.611. The third-order valence-electron chi connectivity index (χ3n) is 4.62. The molecule has 136 valence electrons. The zero-order valence-corrected chi connectivity index (χ0v) is 16.4. The van der Waals surface area contributed by atoms with Crippen LogP contribution < -0.4 is 0 Å². The molecule has 0 spiro atoms. The molecule has 0 fully saturated rings. The molecule has 5 rings (SSSR count). The van der Waals surface area contributed by atoms with Gasteiger partial charge >= 0.3 is 0 Å². The minimum Gasteiger partial charge on any atom is -0.464 e. The van der Waals surface area contributed by atoms with Gasteiger partial charge in [-0.3, -0.25) is 0 Å². The van der Waals surface area contributed by atoms with Gasteiger partial charge in [-0.1, -0.05) is 47.2 Å². The lowest BCUT2D eigenvalue weighted by Gasteiger charge is -1.98. The summed E-state index contributed by atoms with van der Waals surface area (Å²) in [6, 6.07) is 15.7. The number of furan rings is 1. The van der Waals surface area contributed by atoms with E-state index in [1.54, 1.807) is 22.9 Å². The van der Waals surface area contributed by atoms with Gasteiger partial charge in [0.15, 0.2) is 5.69 Å². The molecule has 0 N–H and O–H groups in total. The van der Waals surface area contributed by atoms with Crippen LogP contribution in [0.3, 0.4) is 0 Å². The zero-order valence-electron chi connectivity index (χ0n) is 14.8. The van der Waals surface area contributed by atoms with Gasteiger partial charge in [-0.05, 0) is 30.7 Å². The fraction of sp³-hybridized carbons (Fsp3) is 0.0952. The SMILES string of the molecule is Cc1ccc2c(Cc3nn4c(C#N)c(-c5ccc(Cl)cc5)nc4s3)coc2c1. The number of aryl methyl sites for hydroxylation is 1. The van der Waals surface area contributed by atoms with Gasteiger partial charge in [0.05, 0.1) is 6.26 Å². The van der Waals surface area contributed by atoms with Gasteiger partial charge in [-0.25, -0.2) is 4.98 Å². The molecule has 28 heavy (non-hydrogen) atoms. The Morgan fingerprint density at radius 1 is 1.21 bits per heavy atom. The Bertz CT molecular complexity index is 1370. The number of hydrogen-bond donors (Lipinski definition) is 0.